The summed E-state index contributed by atoms with van der Waals surface area (Å²) in [6.07, 6.45) is 5.32. The highest BCUT2D eigenvalue weighted by molar-refractivity contribution is 9.10. The number of hydrogen-bond acceptors (Lipinski definition) is 4. The molecule has 0 radical (unpaired) electrons. The topological polar surface area (TPSA) is 71.2 Å². The molecule has 1 fully saturated rings. The van der Waals surface area contributed by atoms with Crippen molar-refractivity contribution in [3.8, 4) is 0 Å². The molecular weight excluding hydrogens is 446 g/mol. The number of nitrogens with zero attached hydrogens (tertiary/aromatic N) is 1. The molecule has 132 valence electrons. The third-order valence-corrected chi connectivity index (χ3v) is 6.52. The summed E-state index contributed by atoms with van der Waals surface area (Å²) in [5.41, 5.74) is 9.67. The van der Waals surface area contributed by atoms with E-state index in [0.717, 1.165) is 75.8 Å². The van der Waals surface area contributed by atoms with E-state index in [1.165, 1.54) is 0 Å². The molecule has 0 amide bonds. The average Bonchev–Trinajstić information content (AvgIpc) is 2.71. The van der Waals surface area contributed by atoms with E-state index in [1.807, 2.05) is 12.1 Å². The lowest BCUT2D eigenvalue weighted by atomic mass is 9.72. The van der Waals surface area contributed by atoms with Gasteiger partial charge in [0.1, 0.15) is 5.60 Å². The lowest BCUT2D eigenvalue weighted by Gasteiger charge is -2.40. The van der Waals surface area contributed by atoms with Crippen LogP contribution in [0.2, 0.25) is 0 Å². The number of pyridine rings is 1. The Bertz CT molecular complexity index is 821. The van der Waals surface area contributed by atoms with Crippen molar-refractivity contribution in [3.63, 3.8) is 0 Å². The zero-order valence-corrected chi connectivity index (χ0v) is 17.0. The number of aliphatic hydroxyl groups is 1. The maximum absolute atomic E-state index is 12.2. The van der Waals surface area contributed by atoms with Gasteiger partial charge >= 0.3 is 0 Å². The van der Waals surface area contributed by atoms with E-state index >= 15 is 0 Å². The molecule has 1 aromatic carbocycles. The van der Waals surface area contributed by atoms with Gasteiger partial charge in [0.2, 0.25) is 0 Å². The smallest absolute Gasteiger partial charge is 0.136 e. The van der Waals surface area contributed by atoms with E-state index in [4.69, 9.17) is 10.7 Å². The SMILES string of the molecule is Nc1cc(Br)c2c(c1)CCc1cc(Br)cnc1C2(O)C1CCNCC1. The van der Waals surface area contributed by atoms with Crippen LogP contribution >= 0.6 is 31.9 Å². The molecule has 0 bridgehead atoms. The van der Waals surface area contributed by atoms with Crippen LogP contribution in [0.3, 0.4) is 0 Å². The van der Waals surface area contributed by atoms with E-state index in [9.17, 15) is 5.11 Å². The molecule has 1 aliphatic carbocycles. The number of aryl methyl sites for hydroxylation is 2. The Morgan fingerprint density at radius 3 is 2.60 bits per heavy atom. The summed E-state index contributed by atoms with van der Waals surface area (Å²) >= 11 is 7.21. The molecule has 0 spiro atoms. The van der Waals surface area contributed by atoms with Crippen LogP contribution < -0.4 is 11.1 Å². The predicted octanol–water partition coefficient (Wildman–Crippen LogP) is 3.52. The molecule has 1 aromatic heterocycles. The largest absolute Gasteiger partial charge is 0.399 e. The highest BCUT2D eigenvalue weighted by atomic mass is 79.9. The van der Waals surface area contributed by atoms with E-state index in [0.29, 0.717) is 0 Å². The minimum atomic E-state index is -1.10. The molecule has 2 aromatic rings. The van der Waals surface area contributed by atoms with Crippen molar-refractivity contribution >= 4 is 37.5 Å². The monoisotopic (exact) mass is 465 g/mol. The van der Waals surface area contributed by atoms with Gasteiger partial charge in [0.25, 0.3) is 0 Å². The van der Waals surface area contributed by atoms with E-state index < -0.39 is 5.60 Å². The number of hydrogen-bond donors (Lipinski definition) is 3. The molecule has 4 N–H and O–H groups in total. The van der Waals surface area contributed by atoms with Gasteiger partial charge in [-0.2, -0.15) is 0 Å². The number of piperidine rings is 1. The Kier molecular flexibility index (Phi) is 4.65. The first kappa shape index (κ1) is 17.5. The maximum atomic E-state index is 12.2. The second kappa shape index (κ2) is 6.65. The van der Waals surface area contributed by atoms with Gasteiger partial charge in [-0.05, 0) is 84.0 Å². The third kappa shape index (κ3) is 2.93. The minimum Gasteiger partial charge on any atom is -0.399 e. The van der Waals surface area contributed by atoms with Crippen molar-refractivity contribution in [1.29, 1.82) is 0 Å². The van der Waals surface area contributed by atoms with Crippen LogP contribution in [-0.4, -0.2) is 23.2 Å². The number of nitrogens with one attached hydrogen (secondary N) is 1. The third-order valence-electron chi connectivity index (χ3n) is 5.46. The number of fused-ring (bicyclic) bond motifs is 2. The summed E-state index contributed by atoms with van der Waals surface area (Å²) in [7, 11) is 0. The van der Waals surface area contributed by atoms with Crippen molar-refractivity contribution in [2.75, 3.05) is 18.8 Å². The molecule has 4 nitrogen and oxygen atoms in total. The summed E-state index contributed by atoms with van der Waals surface area (Å²) in [6.45, 7) is 1.83. The van der Waals surface area contributed by atoms with Crippen molar-refractivity contribution in [2.45, 2.75) is 31.3 Å². The van der Waals surface area contributed by atoms with Gasteiger partial charge in [0, 0.05) is 32.3 Å². The lowest BCUT2D eigenvalue weighted by Crippen LogP contribution is -2.44. The molecular formula is C19H21Br2N3O. The van der Waals surface area contributed by atoms with Crippen LogP contribution in [0, 0.1) is 5.92 Å². The number of rotatable bonds is 1. The zero-order chi connectivity index (χ0) is 17.6. The van der Waals surface area contributed by atoms with Gasteiger partial charge in [0.15, 0.2) is 0 Å². The van der Waals surface area contributed by atoms with Crippen LogP contribution in [0.15, 0.2) is 33.3 Å². The summed E-state index contributed by atoms with van der Waals surface area (Å²) in [5, 5.41) is 15.6. The first-order chi connectivity index (χ1) is 12.0. The summed E-state index contributed by atoms with van der Waals surface area (Å²) in [5.74, 6) is 0.123. The summed E-state index contributed by atoms with van der Waals surface area (Å²) < 4.78 is 1.82. The fraction of sp³-hybridized carbons (Fsp3) is 0.421. The lowest BCUT2D eigenvalue weighted by molar-refractivity contribution is -0.00257. The summed E-state index contributed by atoms with van der Waals surface area (Å²) in [4.78, 5) is 4.70. The number of aromatic nitrogens is 1. The van der Waals surface area contributed by atoms with Crippen LogP contribution in [0.4, 0.5) is 5.69 Å². The van der Waals surface area contributed by atoms with Crippen molar-refractivity contribution in [2.24, 2.45) is 5.92 Å². The maximum Gasteiger partial charge on any atom is 0.136 e. The number of halogens is 2. The van der Waals surface area contributed by atoms with Crippen molar-refractivity contribution in [1.82, 2.24) is 10.3 Å². The molecule has 1 unspecified atom stereocenters. The quantitative estimate of drug-likeness (QED) is 0.562. The Labute approximate surface area is 164 Å². The predicted molar refractivity (Wildman–Crippen MR) is 106 cm³/mol. The highest BCUT2D eigenvalue weighted by Gasteiger charge is 2.46. The first-order valence-corrected chi connectivity index (χ1v) is 10.2. The Morgan fingerprint density at radius 2 is 1.84 bits per heavy atom. The molecule has 25 heavy (non-hydrogen) atoms. The van der Waals surface area contributed by atoms with Crippen LogP contribution in [-0.2, 0) is 18.4 Å². The second-order valence-electron chi connectivity index (χ2n) is 6.99. The van der Waals surface area contributed by atoms with Gasteiger partial charge in [-0.3, -0.25) is 4.98 Å². The molecule has 2 heterocycles. The van der Waals surface area contributed by atoms with Gasteiger partial charge in [0.05, 0.1) is 5.69 Å². The molecule has 2 aliphatic rings. The molecule has 4 rings (SSSR count). The first-order valence-electron chi connectivity index (χ1n) is 8.66. The number of nitrogens with two attached hydrogens (primary N) is 1. The van der Waals surface area contributed by atoms with Gasteiger partial charge in [-0.25, -0.2) is 0 Å². The van der Waals surface area contributed by atoms with E-state index in [1.54, 1.807) is 6.20 Å². The zero-order valence-electron chi connectivity index (χ0n) is 13.9. The Morgan fingerprint density at radius 1 is 1.12 bits per heavy atom. The Balaban J connectivity index is 1.99. The summed E-state index contributed by atoms with van der Waals surface area (Å²) in [6, 6.07) is 6.00. The van der Waals surface area contributed by atoms with E-state index in [-0.39, 0.29) is 5.92 Å². The molecule has 6 heteroatoms. The van der Waals surface area contributed by atoms with Crippen LogP contribution in [0.1, 0.15) is 35.2 Å². The molecule has 1 saturated heterocycles. The second-order valence-corrected chi connectivity index (χ2v) is 8.76. The normalized spacial score (nSPS) is 23.6. The molecule has 0 saturated carbocycles. The average molecular weight is 467 g/mol. The van der Waals surface area contributed by atoms with Crippen molar-refractivity contribution in [3.05, 3.63) is 55.7 Å². The van der Waals surface area contributed by atoms with Crippen LogP contribution in [0.25, 0.3) is 0 Å². The minimum absolute atomic E-state index is 0.123. The fourth-order valence-corrected chi connectivity index (χ4v) is 5.55. The van der Waals surface area contributed by atoms with Crippen LogP contribution in [0.5, 0.6) is 0 Å². The number of anilines is 1. The number of nitrogen functional groups attached to an aromatic ring is 1. The molecule has 1 aliphatic heterocycles. The van der Waals surface area contributed by atoms with Gasteiger partial charge in [-0.15, -0.1) is 0 Å². The number of benzene rings is 1. The van der Waals surface area contributed by atoms with Gasteiger partial charge < -0.3 is 16.2 Å². The van der Waals surface area contributed by atoms with Crippen molar-refractivity contribution < 1.29 is 5.11 Å². The fourth-order valence-electron chi connectivity index (χ4n) is 4.35. The molecule has 1 atom stereocenters. The van der Waals surface area contributed by atoms with Gasteiger partial charge in [-0.1, -0.05) is 15.9 Å². The standard InChI is InChI=1S/C19H21Br2N3O/c20-14-7-12-2-1-11-8-15(22)9-16(21)17(11)19(25,18(12)24-10-14)13-3-5-23-6-4-13/h7-10,13,23,25H,1-6,22H2. The highest BCUT2D eigenvalue weighted by Crippen LogP contribution is 2.48. The van der Waals surface area contributed by atoms with E-state index in [2.05, 4.69) is 43.2 Å². The Hall–Kier alpha value is -0.950.